The normalized spacial score (nSPS) is 13.1. The minimum absolute atomic E-state index is 0.429. The molecule has 0 aliphatic heterocycles. The van der Waals surface area contributed by atoms with Crippen molar-refractivity contribution in [1.29, 1.82) is 0 Å². The second-order valence-corrected chi connectivity index (χ2v) is 11.8. The van der Waals surface area contributed by atoms with Gasteiger partial charge in [0.1, 0.15) is 11.2 Å². The van der Waals surface area contributed by atoms with Crippen LogP contribution < -0.4 is 5.32 Å². The van der Waals surface area contributed by atoms with Crippen LogP contribution in [0.25, 0.3) is 44.2 Å². The number of benzene rings is 7. The third kappa shape index (κ3) is 3.89. The average Bonchev–Trinajstić information content (AvgIpc) is 3.63. The molecule has 1 aromatic heterocycles. The second-order valence-electron chi connectivity index (χ2n) is 11.8. The van der Waals surface area contributed by atoms with Gasteiger partial charge in [-0.05, 0) is 80.9 Å². The average molecular weight is 576 g/mol. The van der Waals surface area contributed by atoms with Crippen LogP contribution in [0.4, 0.5) is 11.4 Å². The van der Waals surface area contributed by atoms with Gasteiger partial charge in [0, 0.05) is 22.1 Å². The van der Waals surface area contributed by atoms with Gasteiger partial charge in [-0.3, -0.25) is 0 Å². The molecule has 0 radical (unpaired) electrons. The number of rotatable bonds is 5. The van der Waals surface area contributed by atoms with Gasteiger partial charge in [0.05, 0.1) is 5.41 Å². The fourth-order valence-corrected chi connectivity index (χ4v) is 7.45. The summed E-state index contributed by atoms with van der Waals surface area (Å²) in [4.78, 5) is 0. The van der Waals surface area contributed by atoms with Crippen molar-refractivity contribution in [1.82, 2.24) is 0 Å². The van der Waals surface area contributed by atoms with E-state index in [0.717, 1.165) is 33.3 Å². The monoisotopic (exact) mass is 575 g/mol. The molecule has 0 atom stereocenters. The summed E-state index contributed by atoms with van der Waals surface area (Å²) in [5.74, 6) is 0. The van der Waals surface area contributed by atoms with E-state index in [2.05, 4.69) is 175 Å². The van der Waals surface area contributed by atoms with Crippen LogP contribution in [0.3, 0.4) is 0 Å². The summed E-state index contributed by atoms with van der Waals surface area (Å²) in [7, 11) is 0. The lowest BCUT2D eigenvalue weighted by Crippen LogP contribution is -2.28. The Bertz CT molecular complexity index is 2300. The fourth-order valence-electron chi connectivity index (χ4n) is 7.45. The van der Waals surface area contributed by atoms with E-state index in [1.165, 1.54) is 44.5 Å². The van der Waals surface area contributed by atoms with Gasteiger partial charge >= 0.3 is 0 Å². The Morgan fingerprint density at radius 1 is 0.422 bits per heavy atom. The van der Waals surface area contributed by atoms with Gasteiger partial charge < -0.3 is 9.73 Å². The predicted octanol–water partition coefficient (Wildman–Crippen LogP) is 11.4. The van der Waals surface area contributed by atoms with Crippen LogP contribution in [0.15, 0.2) is 174 Å². The molecule has 0 unspecified atom stereocenters. The highest BCUT2D eigenvalue weighted by Crippen LogP contribution is 2.56. The molecule has 0 saturated carbocycles. The summed E-state index contributed by atoms with van der Waals surface area (Å²) in [5, 5.41) is 6.01. The maximum absolute atomic E-state index is 6.31. The van der Waals surface area contributed by atoms with Crippen molar-refractivity contribution < 1.29 is 4.42 Å². The van der Waals surface area contributed by atoms with E-state index < -0.39 is 5.41 Å². The van der Waals surface area contributed by atoms with Gasteiger partial charge in [-0.25, -0.2) is 0 Å². The molecule has 45 heavy (non-hydrogen) atoms. The molecule has 0 bridgehead atoms. The Morgan fingerprint density at radius 2 is 1.02 bits per heavy atom. The second kappa shape index (κ2) is 10.1. The number of hydrogen-bond acceptors (Lipinski definition) is 2. The zero-order valence-electron chi connectivity index (χ0n) is 24.6. The number of anilines is 2. The van der Waals surface area contributed by atoms with Crippen LogP contribution in [0.1, 0.15) is 22.3 Å². The highest BCUT2D eigenvalue weighted by atomic mass is 16.3. The van der Waals surface area contributed by atoms with Crippen molar-refractivity contribution in [3.05, 3.63) is 192 Å². The standard InChI is InChI=1S/C43H29NO/c1-4-13-29(14-5-1)34-20-12-22-41-42(34)37-27-32(24-26-40(37)45-41)44-33-23-25-36-35-19-10-11-21-38(35)43(39(36)28-33,30-15-6-2-7-16-30)31-17-8-3-9-18-31/h1-28,44H. The molecule has 1 aliphatic rings. The molecule has 8 aromatic rings. The highest BCUT2D eigenvalue weighted by molar-refractivity contribution is 6.13. The summed E-state index contributed by atoms with van der Waals surface area (Å²) in [6.45, 7) is 0. The molecule has 0 spiro atoms. The van der Waals surface area contributed by atoms with Crippen LogP contribution in [-0.2, 0) is 5.41 Å². The summed E-state index contributed by atoms with van der Waals surface area (Å²) in [6, 6.07) is 60.8. The molecular formula is C43H29NO. The highest BCUT2D eigenvalue weighted by Gasteiger charge is 2.46. The van der Waals surface area contributed by atoms with Crippen molar-refractivity contribution in [2.45, 2.75) is 5.41 Å². The van der Waals surface area contributed by atoms with Crippen LogP contribution in [-0.4, -0.2) is 0 Å². The molecule has 0 saturated heterocycles. The van der Waals surface area contributed by atoms with Crippen LogP contribution in [0.5, 0.6) is 0 Å². The van der Waals surface area contributed by atoms with Gasteiger partial charge in [0.2, 0.25) is 0 Å². The van der Waals surface area contributed by atoms with Crippen molar-refractivity contribution in [2.24, 2.45) is 0 Å². The van der Waals surface area contributed by atoms with Gasteiger partial charge in [0.25, 0.3) is 0 Å². The van der Waals surface area contributed by atoms with Crippen LogP contribution in [0.2, 0.25) is 0 Å². The third-order valence-corrected chi connectivity index (χ3v) is 9.33. The lowest BCUT2D eigenvalue weighted by molar-refractivity contribution is 0.669. The SMILES string of the molecule is c1ccc(-c2cccc3oc4ccc(Nc5ccc6c(c5)C(c5ccccc5)(c5ccccc5)c5ccccc5-6)cc4c23)cc1. The summed E-state index contributed by atoms with van der Waals surface area (Å²) < 4.78 is 6.31. The van der Waals surface area contributed by atoms with E-state index in [0.29, 0.717) is 0 Å². The molecule has 212 valence electrons. The minimum Gasteiger partial charge on any atom is -0.456 e. The van der Waals surface area contributed by atoms with Crippen molar-refractivity contribution in [3.8, 4) is 22.3 Å². The topological polar surface area (TPSA) is 25.2 Å². The maximum Gasteiger partial charge on any atom is 0.136 e. The molecule has 1 aliphatic carbocycles. The van der Waals surface area contributed by atoms with Gasteiger partial charge in [-0.2, -0.15) is 0 Å². The Morgan fingerprint density at radius 3 is 1.78 bits per heavy atom. The summed E-state index contributed by atoms with van der Waals surface area (Å²) in [5.41, 5.74) is 13.5. The smallest absolute Gasteiger partial charge is 0.136 e. The van der Waals surface area contributed by atoms with Crippen LogP contribution in [0, 0.1) is 0 Å². The number of hydrogen-bond donors (Lipinski definition) is 1. The Hall–Kier alpha value is -5.86. The van der Waals surface area contributed by atoms with Crippen LogP contribution >= 0.6 is 0 Å². The summed E-state index contributed by atoms with van der Waals surface area (Å²) in [6.07, 6.45) is 0. The fraction of sp³-hybridized carbons (Fsp3) is 0.0233. The van der Waals surface area contributed by atoms with Gasteiger partial charge in [-0.1, -0.05) is 133 Å². The third-order valence-electron chi connectivity index (χ3n) is 9.33. The van der Waals surface area contributed by atoms with E-state index in [1.54, 1.807) is 0 Å². The van der Waals surface area contributed by atoms with E-state index in [4.69, 9.17) is 4.42 Å². The Labute approximate surface area is 262 Å². The van der Waals surface area contributed by atoms with Crippen molar-refractivity contribution >= 4 is 33.3 Å². The zero-order chi connectivity index (χ0) is 29.8. The van der Waals surface area contributed by atoms with E-state index >= 15 is 0 Å². The minimum atomic E-state index is -0.429. The molecule has 1 N–H and O–H groups in total. The van der Waals surface area contributed by atoms with Gasteiger partial charge in [0.15, 0.2) is 0 Å². The van der Waals surface area contributed by atoms with E-state index in [1.807, 2.05) is 0 Å². The first kappa shape index (κ1) is 25.6. The first-order chi connectivity index (χ1) is 22.3. The van der Waals surface area contributed by atoms with E-state index in [9.17, 15) is 0 Å². The first-order valence-corrected chi connectivity index (χ1v) is 15.4. The molecule has 0 fully saturated rings. The summed E-state index contributed by atoms with van der Waals surface area (Å²) >= 11 is 0. The molecule has 9 rings (SSSR count). The largest absolute Gasteiger partial charge is 0.456 e. The van der Waals surface area contributed by atoms with Crippen molar-refractivity contribution in [3.63, 3.8) is 0 Å². The zero-order valence-corrected chi connectivity index (χ0v) is 24.6. The van der Waals surface area contributed by atoms with Gasteiger partial charge in [-0.15, -0.1) is 0 Å². The first-order valence-electron chi connectivity index (χ1n) is 15.4. The Balaban J connectivity index is 1.21. The lowest BCUT2D eigenvalue weighted by Gasteiger charge is -2.34. The molecular weight excluding hydrogens is 546 g/mol. The molecule has 0 amide bonds. The number of fused-ring (bicyclic) bond motifs is 6. The van der Waals surface area contributed by atoms with E-state index in [-0.39, 0.29) is 0 Å². The number of nitrogens with one attached hydrogen (secondary N) is 1. The quantitative estimate of drug-likeness (QED) is 0.221. The predicted molar refractivity (Wildman–Crippen MR) is 186 cm³/mol. The van der Waals surface area contributed by atoms with Crippen molar-refractivity contribution in [2.75, 3.05) is 5.32 Å². The molecule has 7 aromatic carbocycles. The maximum atomic E-state index is 6.31. The lowest BCUT2D eigenvalue weighted by atomic mass is 9.67. The molecule has 2 heteroatoms. The molecule has 2 nitrogen and oxygen atoms in total. The Kier molecular flexibility index (Phi) is 5.76. The number of furan rings is 1. The molecule has 1 heterocycles.